The zero-order valence-electron chi connectivity index (χ0n) is 19.5. The Morgan fingerprint density at radius 2 is 1.84 bits per heavy atom. The van der Waals surface area contributed by atoms with Gasteiger partial charge in [0.05, 0.1) is 41.1 Å². The highest BCUT2D eigenvalue weighted by molar-refractivity contribution is 7.88. The third-order valence-electron chi connectivity index (χ3n) is 6.01. The monoisotopic (exact) mass is 513 g/mol. The number of fused-ring (bicyclic) bond motifs is 2. The number of H-pyrrole nitrogens is 2. The van der Waals surface area contributed by atoms with Gasteiger partial charge in [-0.3, -0.25) is 20.1 Å². The van der Waals surface area contributed by atoms with Crippen LogP contribution in [0.5, 0.6) is 0 Å². The van der Waals surface area contributed by atoms with Crippen molar-refractivity contribution in [2.45, 2.75) is 6.54 Å². The Morgan fingerprint density at radius 3 is 2.65 bits per heavy atom. The quantitative estimate of drug-likeness (QED) is 0.302. The first-order valence-electron chi connectivity index (χ1n) is 11.3. The van der Waals surface area contributed by atoms with Gasteiger partial charge in [0.2, 0.25) is 10.0 Å². The second-order valence-electron chi connectivity index (χ2n) is 8.70. The van der Waals surface area contributed by atoms with E-state index in [-0.39, 0.29) is 6.54 Å². The van der Waals surface area contributed by atoms with Gasteiger partial charge >= 0.3 is 0 Å². The number of aromatic nitrogens is 6. The van der Waals surface area contributed by atoms with Crippen LogP contribution in [0, 0.1) is 5.82 Å². The van der Waals surface area contributed by atoms with E-state index < -0.39 is 15.8 Å². The molecular formula is C26H20FN7O2S. The lowest BCUT2D eigenvalue weighted by atomic mass is 10.0. The van der Waals surface area contributed by atoms with Crippen molar-refractivity contribution in [1.29, 1.82) is 0 Å². The molecule has 11 heteroatoms. The average Bonchev–Trinajstić information content (AvgIpc) is 3.51. The maximum atomic E-state index is 14.5. The molecule has 1 aromatic carbocycles. The van der Waals surface area contributed by atoms with E-state index in [9.17, 15) is 12.8 Å². The molecule has 0 radical (unpaired) electrons. The van der Waals surface area contributed by atoms with Gasteiger partial charge in [-0.15, -0.1) is 0 Å². The number of benzene rings is 1. The molecule has 0 aliphatic heterocycles. The Bertz CT molecular complexity index is 1880. The minimum atomic E-state index is -3.42. The number of sulfonamides is 1. The average molecular weight is 514 g/mol. The molecule has 0 unspecified atom stereocenters. The van der Waals surface area contributed by atoms with Crippen molar-refractivity contribution >= 4 is 31.8 Å². The minimum Gasteiger partial charge on any atom is -0.352 e. The van der Waals surface area contributed by atoms with Crippen molar-refractivity contribution in [3.63, 3.8) is 0 Å². The molecule has 0 spiro atoms. The standard InChI is InChI=1S/C26H20FN7O2S/c1-37(35,36)31-10-15-5-17(7-18(27)6-15)21-12-29-13-24-19(21)8-23(32-24)26-20-9-22(16-3-2-4-28-11-16)30-14-25(20)33-34-26/h2-9,11-14,31-32H,10H2,1H3,(H,33,34). The van der Waals surface area contributed by atoms with Crippen LogP contribution in [0.1, 0.15) is 5.56 Å². The summed E-state index contributed by atoms with van der Waals surface area (Å²) in [6.45, 7) is -0.0159. The second kappa shape index (κ2) is 8.87. The van der Waals surface area contributed by atoms with Crippen LogP contribution in [0.4, 0.5) is 4.39 Å². The SMILES string of the molecule is CS(=O)(=O)NCc1cc(F)cc(-c2cncc3[nH]c(-c4n[nH]c5cnc(-c6cccnc6)cc45)cc23)c1. The van der Waals surface area contributed by atoms with E-state index in [4.69, 9.17) is 0 Å². The fourth-order valence-electron chi connectivity index (χ4n) is 4.33. The number of hydrogen-bond acceptors (Lipinski definition) is 6. The molecule has 0 saturated carbocycles. The van der Waals surface area contributed by atoms with Crippen molar-refractivity contribution in [3.8, 4) is 33.8 Å². The Labute approximate surface area is 210 Å². The number of halogens is 1. The molecule has 6 aromatic rings. The van der Waals surface area contributed by atoms with Crippen LogP contribution >= 0.6 is 0 Å². The third kappa shape index (κ3) is 4.57. The molecule has 0 aliphatic carbocycles. The van der Waals surface area contributed by atoms with Crippen molar-refractivity contribution < 1.29 is 12.8 Å². The van der Waals surface area contributed by atoms with E-state index in [1.807, 2.05) is 24.3 Å². The van der Waals surface area contributed by atoms with Gasteiger partial charge in [-0.25, -0.2) is 17.5 Å². The summed E-state index contributed by atoms with van der Waals surface area (Å²) >= 11 is 0. The first kappa shape index (κ1) is 23.0. The van der Waals surface area contributed by atoms with E-state index in [2.05, 4.69) is 34.9 Å². The number of nitrogens with zero attached hydrogens (tertiary/aromatic N) is 4. The topological polar surface area (TPSA) is 129 Å². The summed E-state index contributed by atoms with van der Waals surface area (Å²) in [4.78, 5) is 16.4. The van der Waals surface area contributed by atoms with Crippen LogP contribution in [0.15, 0.2) is 73.4 Å². The maximum Gasteiger partial charge on any atom is 0.209 e. The van der Waals surface area contributed by atoms with Crippen LogP contribution in [-0.4, -0.2) is 44.8 Å². The largest absolute Gasteiger partial charge is 0.352 e. The maximum absolute atomic E-state index is 14.5. The highest BCUT2D eigenvalue weighted by atomic mass is 32.2. The minimum absolute atomic E-state index is 0.0159. The Balaban J connectivity index is 1.44. The Morgan fingerprint density at radius 1 is 0.946 bits per heavy atom. The van der Waals surface area contributed by atoms with E-state index in [1.54, 1.807) is 37.1 Å². The summed E-state index contributed by atoms with van der Waals surface area (Å²) in [7, 11) is -3.42. The van der Waals surface area contributed by atoms with Gasteiger partial charge < -0.3 is 4.98 Å². The zero-order valence-corrected chi connectivity index (χ0v) is 20.3. The Kier molecular flexibility index (Phi) is 5.50. The van der Waals surface area contributed by atoms with Crippen LogP contribution < -0.4 is 4.72 Å². The first-order valence-corrected chi connectivity index (χ1v) is 13.2. The highest BCUT2D eigenvalue weighted by Gasteiger charge is 2.16. The van der Waals surface area contributed by atoms with Gasteiger partial charge in [-0.05, 0) is 53.6 Å². The van der Waals surface area contributed by atoms with Crippen molar-refractivity contribution in [2.24, 2.45) is 0 Å². The van der Waals surface area contributed by atoms with E-state index in [0.717, 1.165) is 45.0 Å². The molecule has 184 valence electrons. The summed E-state index contributed by atoms with van der Waals surface area (Å²) < 4.78 is 39.9. The summed E-state index contributed by atoms with van der Waals surface area (Å²) in [6, 6.07) is 12.2. The summed E-state index contributed by atoms with van der Waals surface area (Å²) in [5, 5.41) is 9.26. The second-order valence-corrected chi connectivity index (χ2v) is 10.5. The van der Waals surface area contributed by atoms with Crippen LogP contribution in [0.2, 0.25) is 0 Å². The lowest BCUT2D eigenvalue weighted by Crippen LogP contribution is -2.21. The smallest absolute Gasteiger partial charge is 0.209 e. The number of rotatable bonds is 6. The molecular weight excluding hydrogens is 493 g/mol. The molecule has 5 heterocycles. The fourth-order valence-corrected chi connectivity index (χ4v) is 4.75. The Hall–Kier alpha value is -4.48. The van der Waals surface area contributed by atoms with Gasteiger partial charge in [0, 0.05) is 47.0 Å². The molecule has 0 atom stereocenters. The third-order valence-corrected chi connectivity index (χ3v) is 6.68. The van der Waals surface area contributed by atoms with Crippen molar-refractivity contribution in [3.05, 3.63) is 84.8 Å². The van der Waals surface area contributed by atoms with Crippen molar-refractivity contribution in [2.75, 3.05) is 6.26 Å². The van der Waals surface area contributed by atoms with E-state index in [1.165, 1.54) is 12.1 Å². The molecule has 6 rings (SSSR count). The number of nitrogens with one attached hydrogen (secondary N) is 3. The molecule has 5 aromatic heterocycles. The van der Waals surface area contributed by atoms with Gasteiger partial charge in [0.1, 0.15) is 11.5 Å². The van der Waals surface area contributed by atoms with Gasteiger partial charge in [-0.1, -0.05) is 0 Å². The molecule has 0 fully saturated rings. The number of hydrogen-bond donors (Lipinski definition) is 3. The molecule has 37 heavy (non-hydrogen) atoms. The van der Waals surface area contributed by atoms with Gasteiger partial charge in [0.25, 0.3) is 0 Å². The first-order chi connectivity index (χ1) is 17.8. The molecule has 0 amide bonds. The van der Waals surface area contributed by atoms with Crippen LogP contribution in [0.3, 0.4) is 0 Å². The lowest BCUT2D eigenvalue weighted by molar-refractivity contribution is 0.586. The zero-order chi connectivity index (χ0) is 25.6. The van der Waals surface area contributed by atoms with Crippen LogP contribution in [0.25, 0.3) is 55.6 Å². The number of pyridine rings is 3. The summed E-state index contributed by atoms with van der Waals surface area (Å²) in [5.74, 6) is -0.468. The predicted octanol–water partition coefficient (Wildman–Crippen LogP) is 4.42. The van der Waals surface area contributed by atoms with E-state index >= 15 is 0 Å². The summed E-state index contributed by atoms with van der Waals surface area (Å²) in [5.41, 5.74) is 6.47. The molecule has 0 saturated heterocycles. The fraction of sp³-hybridized carbons (Fsp3) is 0.0769. The normalized spacial score (nSPS) is 11.9. The predicted molar refractivity (Wildman–Crippen MR) is 139 cm³/mol. The molecule has 3 N–H and O–H groups in total. The summed E-state index contributed by atoms with van der Waals surface area (Å²) in [6.07, 6.45) is 9.63. The van der Waals surface area contributed by atoms with E-state index in [0.29, 0.717) is 22.4 Å². The lowest BCUT2D eigenvalue weighted by Gasteiger charge is -2.08. The number of aromatic amines is 2. The van der Waals surface area contributed by atoms with Crippen molar-refractivity contribution in [1.82, 2.24) is 34.9 Å². The highest BCUT2D eigenvalue weighted by Crippen LogP contribution is 2.34. The molecule has 0 bridgehead atoms. The molecule has 0 aliphatic rings. The molecule has 9 nitrogen and oxygen atoms in total. The van der Waals surface area contributed by atoms with Crippen LogP contribution in [-0.2, 0) is 16.6 Å². The van der Waals surface area contributed by atoms with Gasteiger partial charge in [-0.2, -0.15) is 5.10 Å². The van der Waals surface area contributed by atoms with Gasteiger partial charge in [0.15, 0.2) is 0 Å².